The van der Waals surface area contributed by atoms with E-state index in [-0.39, 0.29) is 17.7 Å². The molecular weight excluding hydrogens is 288 g/mol. The van der Waals surface area contributed by atoms with Crippen molar-refractivity contribution in [2.24, 2.45) is 5.92 Å². The van der Waals surface area contributed by atoms with E-state index < -0.39 is 0 Å². The average molecular weight is 318 g/mol. The lowest BCUT2D eigenvalue weighted by molar-refractivity contribution is -0.120. The first-order chi connectivity index (χ1) is 11.1. The second kappa shape index (κ2) is 10.0. The molecule has 0 bridgehead atoms. The van der Waals surface area contributed by atoms with Gasteiger partial charge in [0.2, 0.25) is 5.91 Å². The molecule has 0 saturated heterocycles. The van der Waals surface area contributed by atoms with Crippen molar-refractivity contribution in [1.29, 1.82) is 0 Å². The molecule has 128 valence electrons. The number of carbonyl (C=O) groups excluding carboxylic acids is 2. The Hall–Kier alpha value is -1.84. The Labute approximate surface area is 140 Å². The van der Waals surface area contributed by atoms with Gasteiger partial charge < -0.3 is 10.2 Å². The van der Waals surface area contributed by atoms with Crippen LogP contribution in [0.5, 0.6) is 0 Å². The Morgan fingerprint density at radius 2 is 1.65 bits per heavy atom. The van der Waals surface area contributed by atoms with Gasteiger partial charge >= 0.3 is 0 Å². The second-order valence-corrected chi connectivity index (χ2v) is 5.79. The van der Waals surface area contributed by atoms with Crippen molar-refractivity contribution >= 4 is 17.5 Å². The summed E-state index contributed by atoms with van der Waals surface area (Å²) in [6.45, 7) is 9.52. The van der Waals surface area contributed by atoms with Crippen LogP contribution in [-0.4, -0.2) is 29.8 Å². The summed E-state index contributed by atoms with van der Waals surface area (Å²) < 4.78 is 0. The maximum absolute atomic E-state index is 12.3. The third kappa shape index (κ3) is 5.70. The Bertz CT molecular complexity index is 493. The summed E-state index contributed by atoms with van der Waals surface area (Å²) in [6.07, 6.45) is 3.96. The van der Waals surface area contributed by atoms with E-state index >= 15 is 0 Å². The van der Waals surface area contributed by atoms with Crippen LogP contribution in [0.25, 0.3) is 0 Å². The number of benzene rings is 1. The molecule has 0 saturated carbocycles. The number of nitrogens with one attached hydrogen (secondary N) is 1. The molecule has 0 aliphatic carbocycles. The normalized spacial score (nSPS) is 11.8. The third-order valence-electron chi connectivity index (χ3n) is 4.22. The molecule has 4 nitrogen and oxygen atoms in total. The molecule has 0 fully saturated rings. The van der Waals surface area contributed by atoms with E-state index in [1.807, 2.05) is 20.8 Å². The maximum atomic E-state index is 12.3. The van der Waals surface area contributed by atoms with Crippen molar-refractivity contribution < 1.29 is 9.59 Å². The molecule has 0 heterocycles. The smallest absolute Gasteiger partial charge is 0.253 e. The molecule has 23 heavy (non-hydrogen) atoms. The lowest BCUT2D eigenvalue weighted by Gasteiger charge is -2.19. The first kappa shape index (κ1) is 19.2. The molecule has 1 aromatic rings. The fourth-order valence-corrected chi connectivity index (χ4v) is 2.60. The molecule has 0 aliphatic heterocycles. The monoisotopic (exact) mass is 318 g/mol. The Kier molecular flexibility index (Phi) is 8.38. The molecule has 1 rings (SSSR count). The molecule has 1 unspecified atom stereocenters. The van der Waals surface area contributed by atoms with Gasteiger partial charge in [-0.3, -0.25) is 9.59 Å². The van der Waals surface area contributed by atoms with Crippen molar-refractivity contribution in [2.45, 2.75) is 53.4 Å². The number of hydrogen-bond donors (Lipinski definition) is 1. The minimum Gasteiger partial charge on any atom is -0.339 e. The van der Waals surface area contributed by atoms with Gasteiger partial charge in [0.05, 0.1) is 0 Å². The first-order valence-corrected chi connectivity index (χ1v) is 8.77. The minimum atomic E-state index is 0.0299. The Balaban J connectivity index is 2.69. The highest BCUT2D eigenvalue weighted by atomic mass is 16.2. The Morgan fingerprint density at radius 3 is 2.13 bits per heavy atom. The highest BCUT2D eigenvalue weighted by Crippen LogP contribution is 2.17. The van der Waals surface area contributed by atoms with Gasteiger partial charge in [-0.05, 0) is 51.0 Å². The second-order valence-electron chi connectivity index (χ2n) is 5.79. The fourth-order valence-electron chi connectivity index (χ4n) is 2.60. The minimum absolute atomic E-state index is 0.0299. The summed E-state index contributed by atoms with van der Waals surface area (Å²) in [5, 5.41) is 2.96. The zero-order valence-corrected chi connectivity index (χ0v) is 14.9. The van der Waals surface area contributed by atoms with Crippen LogP contribution in [0.4, 0.5) is 5.69 Å². The zero-order valence-electron chi connectivity index (χ0n) is 14.9. The van der Waals surface area contributed by atoms with Gasteiger partial charge in [0.1, 0.15) is 0 Å². The number of rotatable bonds is 9. The van der Waals surface area contributed by atoms with Crippen molar-refractivity contribution in [3.8, 4) is 0 Å². The van der Waals surface area contributed by atoms with E-state index in [1.54, 1.807) is 29.2 Å². The van der Waals surface area contributed by atoms with Crippen molar-refractivity contribution in [3.63, 3.8) is 0 Å². The fraction of sp³-hybridized carbons (Fsp3) is 0.579. The predicted molar refractivity (Wildman–Crippen MR) is 95.6 cm³/mol. The Morgan fingerprint density at radius 1 is 1.04 bits per heavy atom. The van der Waals surface area contributed by atoms with Crippen LogP contribution >= 0.6 is 0 Å². The third-order valence-corrected chi connectivity index (χ3v) is 4.22. The number of amides is 2. The predicted octanol–water partition coefficient (Wildman–Crippen LogP) is 4.32. The zero-order chi connectivity index (χ0) is 17.2. The van der Waals surface area contributed by atoms with Crippen LogP contribution in [0.3, 0.4) is 0 Å². The number of carbonyl (C=O) groups is 2. The first-order valence-electron chi connectivity index (χ1n) is 8.77. The van der Waals surface area contributed by atoms with E-state index in [2.05, 4.69) is 12.2 Å². The number of anilines is 1. The van der Waals surface area contributed by atoms with Gasteiger partial charge in [-0.25, -0.2) is 0 Å². The van der Waals surface area contributed by atoms with Crippen molar-refractivity contribution in [3.05, 3.63) is 29.8 Å². The summed E-state index contributed by atoms with van der Waals surface area (Å²) in [7, 11) is 0. The standard InChI is InChI=1S/C19H30N2O2/c1-5-9-10-15(6-2)18(22)20-17-13-11-16(12-14-17)19(23)21(7-3)8-4/h11-15H,5-10H2,1-4H3,(H,20,22). The topological polar surface area (TPSA) is 49.4 Å². The van der Waals surface area contributed by atoms with Crippen LogP contribution in [0.2, 0.25) is 0 Å². The summed E-state index contributed by atoms with van der Waals surface area (Å²) in [6, 6.07) is 7.18. The van der Waals surface area contributed by atoms with E-state index in [9.17, 15) is 9.59 Å². The van der Waals surface area contributed by atoms with E-state index in [1.165, 1.54) is 0 Å². The summed E-state index contributed by atoms with van der Waals surface area (Å²) in [5.41, 5.74) is 1.41. The molecule has 1 aromatic carbocycles. The largest absolute Gasteiger partial charge is 0.339 e. The molecule has 0 radical (unpaired) electrons. The number of unbranched alkanes of at least 4 members (excludes halogenated alkanes) is 1. The van der Waals surface area contributed by atoms with E-state index in [4.69, 9.17) is 0 Å². The van der Waals surface area contributed by atoms with Crippen LogP contribution < -0.4 is 5.32 Å². The van der Waals surface area contributed by atoms with E-state index in [0.29, 0.717) is 18.7 Å². The lowest BCUT2D eigenvalue weighted by atomic mass is 9.98. The number of hydrogen-bond acceptors (Lipinski definition) is 2. The summed E-state index contributed by atoms with van der Waals surface area (Å²) in [5.74, 6) is 0.165. The summed E-state index contributed by atoms with van der Waals surface area (Å²) >= 11 is 0. The maximum Gasteiger partial charge on any atom is 0.253 e. The van der Waals surface area contributed by atoms with Gasteiger partial charge in [0, 0.05) is 30.3 Å². The molecule has 4 heteroatoms. The van der Waals surface area contributed by atoms with Crippen LogP contribution in [0.1, 0.15) is 63.7 Å². The molecule has 1 atom stereocenters. The van der Waals surface area contributed by atoms with Crippen LogP contribution in [0.15, 0.2) is 24.3 Å². The number of nitrogens with zero attached hydrogens (tertiary/aromatic N) is 1. The molecular formula is C19H30N2O2. The molecule has 0 aliphatic rings. The van der Waals surface area contributed by atoms with E-state index in [0.717, 1.165) is 31.4 Å². The van der Waals surface area contributed by atoms with Gasteiger partial charge in [-0.1, -0.05) is 26.7 Å². The lowest BCUT2D eigenvalue weighted by Crippen LogP contribution is -2.30. The highest BCUT2D eigenvalue weighted by Gasteiger charge is 2.16. The highest BCUT2D eigenvalue weighted by molar-refractivity contribution is 5.96. The van der Waals surface area contributed by atoms with Crippen LogP contribution in [0, 0.1) is 5.92 Å². The average Bonchev–Trinajstić information content (AvgIpc) is 2.57. The molecule has 0 spiro atoms. The van der Waals surface area contributed by atoms with Gasteiger partial charge in [-0.15, -0.1) is 0 Å². The molecule has 0 aromatic heterocycles. The van der Waals surface area contributed by atoms with Crippen LogP contribution in [-0.2, 0) is 4.79 Å². The SMILES string of the molecule is CCCCC(CC)C(=O)Nc1ccc(C(=O)N(CC)CC)cc1. The summed E-state index contributed by atoms with van der Waals surface area (Å²) in [4.78, 5) is 26.3. The molecule has 1 N–H and O–H groups in total. The van der Waals surface area contributed by atoms with Crippen molar-refractivity contribution in [2.75, 3.05) is 18.4 Å². The van der Waals surface area contributed by atoms with Gasteiger partial charge in [0.15, 0.2) is 0 Å². The molecule has 2 amide bonds. The quantitative estimate of drug-likeness (QED) is 0.737. The van der Waals surface area contributed by atoms with Gasteiger partial charge in [0.25, 0.3) is 5.91 Å². The van der Waals surface area contributed by atoms with Gasteiger partial charge in [-0.2, -0.15) is 0 Å². The van der Waals surface area contributed by atoms with Crippen molar-refractivity contribution in [1.82, 2.24) is 4.90 Å².